The Morgan fingerprint density at radius 2 is 1.83 bits per heavy atom. The van der Waals surface area contributed by atoms with Crippen molar-refractivity contribution >= 4 is 17.2 Å². The van der Waals surface area contributed by atoms with E-state index in [4.69, 9.17) is 24.4 Å². The van der Waals surface area contributed by atoms with Crippen LogP contribution in [-0.4, -0.2) is 65.3 Å². The minimum Gasteiger partial charge on any atom is -0.493 e. The number of aliphatic hydroxyl groups is 1. The molecule has 0 amide bonds. The minimum atomic E-state index is -0.500. The number of piperidine rings is 1. The zero-order valence-electron chi connectivity index (χ0n) is 28.9. The van der Waals surface area contributed by atoms with Crippen LogP contribution in [0.3, 0.4) is 0 Å². The molecule has 1 fully saturated rings. The molecule has 0 aliphatic carbocycles. The normalized spacial score (nSPS) is 15.9. The maximum Gasteiger partial charge on any atom is 0.310 e. The number of benzene rings is 2. The largest absolute Gasteiger partial charge is 0.493 e. The van der Waals surface area contributed by atoms with Crippen LogP contribution in [0.5, 0.6) is 5.75 Å². The first-order valence-corrected chi connectivity index (χ1v) is 16.5. The third-order valence-electron chi connectivity index (χ3n) is 8.56. The predicted octanol–water partition coefficient (Wildman–Crippen LogP) is 7.06. The maximum atomic E-state index is 12.5. The minimum absolute atomic E-state index is 0.192. The van der Waals surface area contributed by atoms with Crippen molar-refractivity contribution in [2.24, 2.45) is 0 Å². The van der Waals surface area contributed by atoms with E-state index in [0.29, 0.717) is 18.8 Å². The molecule has 4 aromatic rings. The van der Waals surface area contributed by atoms with Crippen molar-refractivity contribution in [2.45, 2.75) is 71.5 Å². The highest BCUT2D eigenvalue weighted by Crippen LogP contribution is 2.38. The van der Waals surface area contributed by atoms with Gasteiger partial charge in [-0.25, -0.2) is 4.52 Å². The molecule has 6 bridgehead atoms. The number of fused-ring (bicyclic) bond motifs is 7. The second kappa shape index (κ2) is 14.6. The van der Waals surface area contributed by atoms with Crippen molar-refractivity contribution in [2.75, 3.05) is 38.3 Å². The van der Waals surface area contributed by atoms with Gasteiger partial charge in [-0.2, -0.15) is 10.4 Å². The van der Waals surface area contributed by atoms with Crippen LogP contribution in [0.1, 0.15) is 63.6 Å². The van der Waals surface area contributed by atoms with Crippen molar-refractivity contribution < 1.29 is 24.1 Å². The number of nitrogens with zero attached hydrogens (tertiary/aromatic N) is 4. The number of esters is 1. The van der Waals surface area contributed by atoms with E-state index in [1.165, 1.54) is 7.11 Å². The lowest BCUT2D eigenvalue weighted by atomic mass is 9.92. The molecular formula is C39H46N4O5. The van der Waals surface area contributed by atoms with Gasteiger partial charge in [0.2, 0.25) is 0 Å². The summed E-state index contributed by atoms with van der Waals surface area (Å²) in [5, 5.41) is 23.1. The van der Waals surface area contributed by atoms with Gasteiger partial charge in [0.15, 0.2) is 0 Å². The molecule has 7 rings (SSSR count). The number of methoxy groups -OCH3 is 1. The van der Waals surface area contributed by atoms with Gasteiger partial charge in [-0.05, 0) is 101 Å². The highest BCUT2D eigenvalue weighted by atomic mass is 16.5. The number of hydrogen-bond donors (Lipinski definition) is 1. The van der Waals surface area contributed by atoms with Crippen molar-refractivity contribution in [1.82, 2.24) is 9.61 Å². The van der Waals surface area contributed by atoms with E-state index in [-0.39, 0.29) is 18.0 Å². The summed E-state index contributed by atoms with van der Waals surface area (Å²) in [5.74, 6) is 0.463. The third kappa shape index (κ3) is 8.43. The molecule has 0 atom stereocenters. The molecule has 2 aromatic carbocycles. The van der Waals surface area contributed by atoms with Crippen LogP contribution in [0.25, 0.3) is 27.9 Å². The first-order chi connectivity index (χ1) is 22.9. The molecule has 5 heterocycles. The lowest BCUT2D eigenvalue weighted by molar-refractivity contribution is -0.139. The fraction of sp³-hybridized carbons (Fsp3) is 0.410. The molecule has 2 aromatic heterocycles. The van der Waals surface area contributed by atoms with E-state index in [9.17, 15) is 10.1 Å². The molecule has 0 saturated carbocycles. The smallest absolute Gasteiger partial charge is 0.310 e. The van der Waals surface area contributed by atoms with Gasteiger partial charge in [0.05, 0.1) is 66.5 Å². The van der Waals surface area contributed by atoms with Crippen molar-refractivity contribution in [3.8, 4) is 34.2 Å². The molecular weight excluding hydrogens is 604 g/mol. The molecule has 3 aliphatic heterocycles. The fourth-order valence-corrected chi connectivity index (χ4v) is 6.02. The third-order valence-corrected chi connectivity index (χ3v) is 8.56. The van der Waals surface area contributed by atoms with Crippen molar-refractivity contribution in [3.63, 3.8) is 0 Å². The number of ether oxygens (including phenoxy) is 3. The van der Waals surface area contributed by atoms with Crippen LogP contribution in [0.15, 0.2) is 66.9 Å². The molecule has 0 unspecified atom stereocenters. The fourth-order valence-electron chi connectivity index (χ4n) is 6.02. The zero-order chi connectivity index (χ0) is 34.5. The number of carbonyl (C=O) groups excluding carboxylic acids is 1. The monoisotopic (exact) mass is 650 g/mol. The highest BCUT2D eigenvalue weighted by Gasteiger charge is 2.33. The van der Waals surface area contributed by atoms with Gasteiger partial charge in [-0.15, -0.1) is 0 Å². The number of rotatable bonds is 2. The number of aryl methyl sites for hydroxylation is 1. The Bertz CT molecular complexity index is 1830. The van der Waals surface area contributed by atoms with E-state index < -0.39 is 5.60 Å². The van der Waals surface area contributed by atoms with Gasteiger partial charge in [-0.3, -0.25) is 4.79 Å². The lowest BCUT2D eigenvalue weighted by Crippen LogP contribution is -2.45. The Morgan fingerprint density at radius 3 is 2.54 bits per heavy atom. The van der Waals surface area contributed by atoms with Crippen molar-refractivity contribution in [1.29, 1.82) is 5.26 Å². The number of aromatic nitrogens is 2. The van der Waals surface area contributed by atoms with Crippen LogP contribution >= 0.6 is 0 Å². The van der Waals surface area contributed by atoms with Crippen LogP contribution in [0, 0.1) is 18.3 Å². The van der Waals surface area contributed by atoms with E-state index in [1.54, 1.807) is 26.8 Å². The topological polar surface area (TPSA) is 109 Å². The summed E-state index contributed by atoms with van der Waals surface area (Å²) in [7, 11) is 1.43. The van der Waals surface area contributed by atoms with Crippen molar-refractivity contribution in [3.05, 3.63) is 83.6 Å². The zero-order valence-corrected chi connectivity index (χ0v) is 28.9. The lowest BCUT2D eigenvalue weighted by Gasteiger charge is -2.41. The summed E-state index contributed by atoms with van der Waals surface area (Å²) >= 11 is 0. The summed E-state index contributed by atoms with van der Waals surface area (Å²) in [4.78, 5) is 14.9. The quantitative estimate of drug-likeness (QED) is 0.182. The van der Waals surface area contributed by atoms with E-state index >= 15 is 0 Å². The maximum absolute atomic E-state index is 12.5. The summed E-state index contributed by atoms with van der Waals surface area (Å²) < 4.78 is 19.6. The Balaban J connectivity index is 0.000000840. The molecule has 9 nitrogen and oxygen atoms in total. The van der Waals surface area contributed by atoms with Gasteiger partial charge >= 0.3 is 5.97 Å². The van der Waals surface area contributed by atoms with Crippen LogP contribution in [-0.2, 0) is 20.7 Å². The van der Waals surface area contributed by atoms with Gasteiger partial charge in [-0.1, -0.05) is 30.4 Å². The number of pyridine rings is 1. The first-order valence-electron chi connectivity index (χ1n) is 16.5. The average Bonchev–Trinajstić information content (AvgIpc) is 3.47. The van der Waals surface area contributed by atoms with Crippen LogP contribution in [0.2, 0.25) is 0 Å². The molecule has 0 spiro atoms. The molecule has 0 radical (unpaired) electrons. The van der Waals surface area contributed by atoms with Gasteiger partial charge in [0.1, 0.15) is 5.75 Å². The number of anilines is 1. The Hall–Kier alpha value is -4.65. The number of carbonyl (C=O) groups is 1. The van der Waals surface area contributed by atoms with Gasteiger partial charge in [0.25, 0.3) is 0 Å². The molecule has 3 aliphatic rings. The molecule has 252 valence electrons. The molecule has 1 N–H and O–H groups in total. The number of nitriles is 1. The van der Waals surface area contributed by atoms with Gasteiger partial charge < -0.3 is 24.2 Å². The van der Waals surface area contributed by atoms with Gasteiger partial charge in [0, 0.05) is 30.4 Å². The number of hydrogen-bond acceptors (Lipinski definition) is 8. The van der Waals surface area contributed by atoms with Crippen LogP contribution in [0.4, 0.5) is 5.69 Å². The average molecular weight is 651 g/mol. The SMILES string of the molecule is CC(C)(C)O.COC(=O)Cc1c(C)cn2nc3cc2c1N1CCC(C)(CC1)OCC=CCCOc1ccc(C#N)cc1-c1cccc-3c1. The molecule has 48 heavy (non-hydrogen) atoms. The summed E-state index contributed by atoms with van der Waals surface area (Å²) in [6.07, 6.45) is 8.83. The summed E-state index contributed by atoms with van der Waals surface area (Å²) in [6, 6.07) is 18.1. The van der Waals surface area contributed by atoms with E-state index in [1.807, 2.05) is 48.0 Å². The highest BCUT2D eigenvalue weighted by molar-refractivity contribution is 5.86. The van der Waals surface area contributed by atoms with E-state index in [0.717, 1.165) is 82.8 Å². The molecule has 1 saturated heterocycles. The van der Waals surface area contributed by atoms with E-state index in [2.05, 4.69) is 42.2 Å². The Morgan fingerprint density at radius 1 is 1.10 bits per heavy atom. The summed E-state index contributed by atoms with van der Waals surface area (Å²) in [5.41, 5.74) is 7.33. The predicted molar refractivity (Wildman–Crippen MR) is 188 cm³/mol. The Labute approximate surface area is 283 Å². The second-order valence-electron chi connectivity index (χ2n) is 13.7. The second-order valence-corrected chi connectivity index (χ2v) is 13.7. The standard InChI is InChI=1S/C35H36N4O4.C4H10O/c1-24-23-39-31-21-30(37-39)27-9-7-8-26(19-27)29-18-25(22-36)10-11-32(29)42-16-5-4-6-17-43-35(2)12-14-38(15-13-35)34(31)28(24)20-33(40)41-3;1-4(2,3)5/h4,6-11,18-19,21,23H,5,12-17,20H2,1-3H3;5H,1-3H3. The van der Waals surface area contributed by atoms with Crippen LogP contribution < -0.4 is 9.64 Å². The Kier molecular flexibility index (Phi) is 10.6. The molecule has 9 heteroatoms. The first kappa shape index (κ1) is 34.7. The summed E-state index contributed by atoms with van der Waals surface area (Å²) in [6.45, 7) is 12.1.